The van der Waals surface area contributed by atoms with Crippen molar-refractivity contribution >= 4 is 35.0 Å². The lowest BCUT2D eigenvalue weighted by Crippen LogP contribution is -2.24. The molecule has 1 heterocycles. The number of ether oxygens (including phenoxy) is 3. The Kier molecular flexibility index (Phi) is 6.34. The molecule has 0 radical (unpaired) electrons. The number of carbonyl (C=O) groups is 2. The van der Waals surface area contributed by atoms with E-state index in [1.807, 2.05) is 0 Å². The fourth-order valence-electron chi connectivity index (χ4n) is 2.88. The number of benzene rings is 1. The number of rotatable bonds is 7. The highest BCUT2D eigenvalue weighted by Crippen LogP contribution is 2.42. The van der Waals surface area contributed by atoms with E-state index in [0.29, 0.717) is 35.2 Å². The predicted octanol–water partition coefficient (Wildman–Crippen LogP) is 3.90. The normalized spacial score (nSPS) is 25.4. The van der Waals surface area contributed by atoms with Crippen LogP contribution in [0.25, 0.3) is 0 Å². The minimum atomic E-state index is -0.382. The molecular weight excluding hydrogens is 367 g/mol. The molecule has 1 aromatic rings. The summed E-state index contributed by atoms with van der Waals surface area (Å²) in [6, 6.07) is 4.73. The van der Waals surface area contributed by atoms with E-state index in [0.717, 1.165) is 19.3 Å². The molecule has 1 aliphatic carbocycles. The fraction of sp³-hybridized carbons (Fsp3) is 0.556. The zero-order valence-electron chi connectivity index (χ0n) is 13.7. The first-order valence-corrected chi connectivity index (χ1v) is 9.21. The molecule has 5 nitrogen and oxygen atoms in total. The SMILES string of the molecule is O=C(OCCOC1CCCCO1)C1CC1C(=O)c1ccc(Cl)c(Cl)c1. The van der Waals surface area contributed by atoms with Crippen molar-refractivity contribution in [3.05, 3.63) is 33.8 Å². The molecule has 2 fully saturated rings. The van der Waals surface area contributed by atoms with Crippen LogP contribution in [-0.4, -0.2) is 37.9 Å². The van der Waals surface area contributed by atoms with E-state index in [4.69, 9.17) is 37.4 Å². The molecule has 25 heavy (non-hydrogen) atoms. The lowest BCUT2D eigenvalue weighted by molar-refractivity contribution is -0.174. The average Bonchev–Trinajstić information content (AvgIpc) is 3.42. The van der Waals surface area contributed by atoms with Crippen LogP contribution in [0.3, 0.4) is 0 Å². The molecule has 2 aliphatic rings. The van der Waals surface area contributed by atoms with Crippen molar-refractivity contribution in [3.63, 3.8) is 0 Å². The van der Waals surface area contributed by atoms with Crippen LogP contribution in [0.1, 0.15) is 36.0 Å². The van der Waals surface area contributed by atoms with Crippen molar-refractivity contribution in [1.82, 2.24) is 0 Å². The minimum Gasteiger partial charge on any atom is -0.463 e. The zero-order valence-corrected chi connectivity index (χ0v) is 15.2. The molecule has 3 unspecified atom stereocenters. The van der Waals surface area contributed by atoms with E-state index in [9.17, 15) is 9.59 Å². The quantitative estimate of drug-likeness (QED) is 0.404. The van der Waals surface area contributed by atoms with Crippen LogP contribution in [0.5, 0.6) is 0 Å². The van der Waals surface area contributed by atoms with E-state index >= 15 is 0 Å². The fourth-order valence-corrected chi connectivity index (χ4v) is 3.18. The van der Waals surface area contributed by atoms with E-state index in [1.165, 1.54) is 6.07 Å². The minimum absolute atomic E-state index is 0.104. The zero-order chi connectivity index (χ0) is 17.8. The molecular formula is C18H20Cl2O5. The van der Waals surface area contributed by atoms with Gasteiger partial charge < -0.3 is 14.2 Å². The highest BCUT2D eigenvalue weighted by molar-refractivity contribution is 6.42. The Labute approximate surface area is 156 Å². The van der Waals surface area contributed by atoms with Crippen molar-refractivity contribution in [2.75, 3.05) is 19.8 Å². The summed E-state index contributed by atoms with van der Waals surface area (Å²) in [7, 11) is 0. The maximum atomic E-state index is 12.4. The topological polar surface area (TPSA) is 61.8 Å². The van der Waals surface area contributed by atoms with Crippen LogP contribution in [-0.2, 0) is 19.0 Å². The number of hydrogen-bond donors (Lipinski definition) is 0. The second kappa shape index (κ2) is 8.49. The molecule has 1 aliphatic heterocycles. The van der Waals surface area contributed by atoms with Gasteiger partial charge in [0.2, 0.25) is 0 Å². The number of Topliss-reactive ketones (excluding diaryl/α,β-unsaturated/α-hetero) is 1. The summed E-state index contributed by atoms with van der Waals surface area (Å²) in [6.07, 6.45) is 3.33. The Morgan fingerprint density at radius 1 is 1.12 bits per heavy atom. The highest BCUT2D eigenvalue weighted by Gasteiger charge is 2.49. The molecule has 136 valence electrons. The second-order valence-corrected chi connectivity index (χ2v) is 7.09. The molecule has 0 bridgehead atoms. The van der Waals surface area contributed by atoms with Gasteiger partial charge in [-0.05, 0) is 43.9 Å². The molecule has 3 rings (SSSR count). The third-order valence-electron chi connectivity index (χ3n) is 4.40. The van der Waals surface area contributed by atoms with Gasteiger partial charge in [0.15, 0.2) is 12.1 Å². The second-order valence-electron chi connectivity index (χ2n) is 6.28. The van der Waals surface area contributed by atoms with Crippen molar-refractivity contribution < 1.29 is 23.8 Å². The van der Waals surface area contributed by atoms with Crippen LogP contribution < -0.4 is 0 Å². The number of esters is 1. The molecule has 7 heteroatoms. The Balaban J connectivity index is 1.39. The van der Waals surface area contributed by atoms with Gasteiger partial charge in [-0.1, -0.05) is 23.2 Å². The Bertz CT molecular complexity index is 642. The van der Waals surface area contributed by atoms with Crippen LogP contribution >= 0.6 is 23.2 Å². The summed E-state index contributed by atoms with van der Waals surface area (Å²) in [6.45, 7) is 1.18. The van der Waals surface area contributed by atoms with Crippen molar-refractivity contribution in [1.29, 1.82) is 0 Å². The largest absolute Gasteiger partial charge is 0.463 e. The van der Waals surface area contributed by atoms with Gasteiger partial charge in [0.05, 0.1) is 22.6 Å². The number of carbonyl (C=O) groups excluding carboxylic acids is 2. The number of halogens is 2. The summed E-state index contributed by atoms with van der Waals surface area (Å²) in [5.41, 5.74) is 0.465. The average molecular weight is 387 g/mol. The predicted molar refractivity (Wildman–Crippen MR) is 92.9 cm³/mol. The molecule has 3 atom stereocenters. The van der Waals surface area contributed by atoms with Gasteiger partial charge in [0.1, 0.15) is 6.61 Å². The van der Waals surface area contributed by atoms with Crippen molar-refractivity contribution in [2.24, 2.45) is 11.8 Å². The highest BCUT2D eigenvalue weighted by atomic mass is 35.5. The van der Waals surface area contributed by atoms with Crippen LogP contribution in [0, 0.1) is 11.8 Å². The first-order valence-electron chi connectivity index (χ1n) is 8.45. The van der Waals surface area contributed by atoms with Gasteiger partial charge in [-0.2, -0.15) is 0 Å². The molecule has 1 saturated carbocycles. The summed E-state index contributed by atoms with van der Waals surface area (Å²) in [4.78, 5) is 24.4. The van der Waals surface area contributed by atoms with Gasteiger partial charge in [0, 0.05) is 18.1 Å². The summed E-state index contributed by atoms with van der Waals surface area (Å²) < 4.78 is 16.1. The first-order chi connectivity index (χ1) is 12.1. The van der Waals surface area contributed by atoms with E-state index in [-0.39, 0.29) is 36.5 Å². The van der Waals surface area contributed by atoms with Crippen LogP contribution in [0.2, 0.25) is 10.0 Å². The van der Waals surface area contributed by atoms with E-state index < -0.39 is 0 Å². The lowest BCUT2D eigenvalue weighted by atomic mass is 10.1. The van der Waals surface area contributed by atoms with Crippen LogP contribution in [0.15, 0.2) is 18.2 Å². The van der Waals surface area contributed by atoms with Gasteiger partial charge in [-0.15, -0.1) is 0 Å². The third kappa shape index (κ3) is 4.94. The Morgan fingerprint density at radius 2 is 1.96 bits per heavy atom. The molecule has 0 spiro atoms. The maximum Gasteiger partial charge on any atom is 0.309 e. The smallest absolute Gasteiger partial charge is 0.309 e. The van der Waals surface area contributed by atoms with Crippen LogP contribution in [0.4, 0.5) is 0 Å². The molecule has 1 aromatic carbocycles. The molecule has 0 amide bonds. The van der Waals surface area contributed by atoms with Gasteiger partial charge in [0.25, 0.3) is 0 Å². The van der Waals surface area contributed by atoms with Gasteiger partial charge in [-0.3, -0.25) is 9.59 Å². The van der Waals surface area contributed by atoms with Crippen molar-refractivity contribution in [3.8, 4) is 0 Å². The Morgan fingerprint density at radius 3 is 2.68 bits per heavy atom. The molecule has 1 saturated heterocycles. The third-order valence-corrected chi connectivity index (χ3v) is 5.14. The van der Waals surface area contributed by atoms with Crippen molar-refractivity contribution in [2.45, 2.75) is 32.0 Å². The van der Waals surface area contributed by atoms with E-state index in [2.05, 4.69) is 0 Å². The van der Waals surface area contributed by atoms with Gasteiger partial charge >= 0.3 is 5.97 Å². The lowest BCUT2D eigenvalue weighted by Gasteiger charge is -2.22. The maximum absolute atomic E-state index is 12.4. The van der Waals surface area contributed by atoms with E-state index in [1.54, 1.807) is 12.1 Å². The monoisotopic (exact) mass is 386 g/mol. The number of hydrogen-bond acceptors (Lipinski definition) is 5. The summed E-state index contributed by atoms with van der Waals surface area (Å²) >= 11 is 11.8. The summed E-state index contributed by atoms with van der Waals surface area (Å²) in [5.74, 6) is -1.18. The standard InChI is InChI=1S/C18H20Cl2O5/c19-14-5-4-11(9-15(14)20)17(21)12-10-13(12)18(22)25-8-7-24-16-3-1-2-6-23-16/h4-5,9,12-13,16H,1-3,6-8,10H2. The Hall–Kier alpha value is -1.14. The first kappa shape index (κ1) is 18.6. The number of ketones is 1. The summed E-state index contributed by atoms with van der Waals surface area (Å²) in [5, 5.41) is 0.723. The molecule has 0 aromatic heterocycles. The molecule has 0 N–H and O–H groups in total. The van der Waals surface area contributed by atoms with Gasteiger partial charge in [-0.25, -0.2) is 0 Å².